The van der Waals surface area contributed by atoms with E-state index in [2.05, 4.69) is 10.1 Å². The topological polar surface area (TPSA) is 56.2 Å². The molecule has 1 aliphatic carbocycles. The Morgan fingerprint density at radius 1 is 1.50 bits per heavy atom. The van der Waals surface area contributed by atoms with Crippen molar-refractivity contribution >= 4 is 17.2 Å². The molecule has 72 valence electrons. The second-order valence-electron chi connectivity index (χ2n) is 3.76. The van der Waals surface area contributed by atoms with Gasteiger partial charge in [-0.3, -0.25) is 0 Å². The first kappa shape index (κ1) is 8.20. The minimum atomic E-state index is -0.125. The molecule has 2 N–H and O–H groups in total. The molecule has 0 bridgehead atoms. The molecule has 0 aromatic carbocycles. The molecule has 3 rings (SSSR count). The van der Waals surface area contributed by atoms with Crippen LogP contribution in [0.5, 0.6) is 0 Å². The molecule has 0 radical (unpaired) electrons. The molecule has 0 aliphatic heterocycles. The third-order valence-corrected chi connectivity index (χ3v) is 2.84. The highest BCUT2D eigenvalue weighted by Gasteiger charge is 2.40. The fourth-order valence-electron chi connectivity index (χ4n) is 1.59. The number of rotatable bonds is 1. The van der Waals surface area contributed by atoms with Gasteiger partial charge in [0.2, 0.25) is 5.28 Å². The Labute approximate surface area is 85.7 Å². The molecule has 14 heavy (non-hydrogen) atoms. The summed E-state index contributed by atoms with van der Waals surface area (Å²) in [6.45, 7) is 0. The average molecular weight is 209 g/mol. The van der Waals surface area contributed by atoms with Crippen LogP contribution in [0.3, 0.4) is 0 Å². The van der Waals surface area contributed by atoms with Gasteiger partial charge >= 0.3 is 0 Å². The van der Waals surface area contributed by atoms with Crippen LogP contribution in [-0.4, -0.2) is 14.6 Å². The summed E-state index contributed by atoms with van der Waals surface area (Å²) in [6, 6.07) is 3.93. The van der Waals surface area contributed by atoms with Crippen LogP contribution in [0.4, 0.5) is 0 Å². The minimum Gasteiger partial charge on any atom is -0.321 e. The zero-order valence-electron chi connectivity index (χ0n) is 7.44. The molecule has 0 amide bonds. The van der Waals surface area contributed by atoms with Gasteiger partial charge in [0.1, 0.15) is 0 Å². The monoisotopic (exact) mass is 208 g/mol. The van der Waals surface area contributed by atoms with E-state index >= 15 is 0 Å². The maximum atomic E-state index is 6.08. The second kappa shape index (κ2) is 2.46. The number of fused-ring (bicyclic) bond motifs is 1. The quantitative estimate of drug-likeness (QED) is 0.769. The van der Waals surface area contributed by atoms with Crippen LogP contribution in [0.15, 0.2) is 18.3 Å². The number of hydrogen-bond acceptors (Lipinski definition) is 3. The molecule has 5 heteroatoms. The molecular formula is C9H9ClN4. The Balaban J connectivity index is 2.19. The summed E-state index contributed by atoms with van der Waals surface area (Å²) in [5.74, 6) is 0. The number of nitrogens with zero attached hydrogens (tertiary/aromatic N) is 3. The highest BCUT2D eigenvalue weighted by molar-refractivity contribution is 6.28. The van der Waals surface area contributed by atoms with Gasteiger partial charge in [0, 0.05) is 11.7 Å². The zero-order chi connectivity index (χ0) is 9.76. The summed E-state index contributed by atoms with van der Waals surface area (Å²) >= 11 is 5.69. The van der Waals surface area contributed by atoms with Crippen molar-refractivity contribution in [1.82, 2.24) is 14.6 Å². The Hall–Kier alpha value is -1.13. The van der Waals surface area contributed by atoms with Crippen LogP contribution in [-0.2, 0) is 5.54 Å². The van der Waals surface area contributed by atoms with Crippen LogP contribution in [0, 0.1) is 0 Å². The highest BCUT2D eigenvalue weighted by atomic mass is 35.5. The smallest absolute Gasteiger partial charge is 0.243 e. The zero-order valence-corrected chi connectivity index (χ0v) is 8.20. The lowest BCUT2D eigenvalue weighted by Gasteiger charge is -2.07. The molecule has 0 saturated heterocycles. The van der Waals surface area contributed by atoms with Gasteiger partial charge < -0.3 is 5.73 Å². The predicted octanol–water partition coefficient (Wildman–Crippen LogP) is 1.33. The van der Waals surface area contributed by atoms with Crippen molar-refractivity contribution in [2.75, 3.05) is 0 Å². The van der Waals surface area contributed by atoms with E-state index in [9.17, 15) is 0 Å². The van der Waals surface area contributed by atoms with Gasteiger partial charge in [-0.25, -0.2) is 4.52 Å². The first-order valence-electron chi connectivity index (χ1n) is 4.49. The van der Waals surface area contributed by atoms with E-state index < -0.39 is 0 Å². The number of aromatic nitrogens is 3. The predicted molar refractivity (Wildman–Crippen MR) is 53.1 cm³/mol. The van der Waals surface area contributed by atoms with Gasteiger partial charge in [0.05, 0.1) is 0 Å². The Kier molecular flexibility index (Phi) is 1.44. The summed E-state index contributed by atoms with van der Waals surface area (Å²) in [5, 5.41) is 4.25. The largest absolute Gasteiger partial charge is 0.321 e. The lowest BCUT2D eigenvalue weighted by Crippen LogP contribution is -2.18. The van der Waals surface area contributed by atoms with Crippen LogP contribution in [0.25, 0.3) is 5.65 Å². The van der Waals surface area contributed by atoms with Crippen LogP contribution in [0.1, 0.15) is 18.4 Å². The molecule has 2 aromatic heterocycles. The lowest BCUT2D eigenvalue weighted by atomic mass is 10.1. The normalized spacial score (nSPS) is 18.7. The van der Waals surface area contributed by atoms with Crippen LogP contribution in [0.2, 0.25) is 5.28 Å². The molecule has 0 atom stereocenters. The SMILES string of the molecule is NC1(c2ccn3nc(Cl)nc3c2)CC1. The van der Waals surface area contributed by atoms with Gasteiger partial charge in [-0.2, -0.15) is 4.98 Å². The van der Waals surface area contributed by atoms with Crippen molar-refractivity contribution < 1.29 is 0 Å². The molecule has 0 spiro atoms. The summed E-state index contributed by atoms with van der Waals surface area (Å²) < 4.78 is 1.65. The molecule has 1 saturated carbocycles. The van der Waals surface area contributed by atoms with E-state index in [1.165, 1.54) is 0 Å². The maximum absolute atomic E-state index is 6.08. The standard InChI is InChI=1S/C9H9ClN4/c10-8-12-7-5-6(9(11)2-3-9)1-4-14(7)13-8/h1,4-5H,2-3,11H2. The third kappa shape index (κ3) is 1.11. The molecule has 2 heterocycles. The first-order chi connectivity index (χ1) is 6.67. The summed E-state index contributed by atoms with van der Waals surface area (Å²) in [5.41, 5.74) is 7.82. The van der Waals surface area contributed by atoms with E-state index in [1.807, 2.05) is 18.3 Å². The summed E-state index contributed by atoms with van der Waals surface area (Å²) in [4.78, 5) is 4.08. The van der Waals surface area contributed by atoms with Crippen molar-refractivity contribution in [3.8, 4) is 0 Å². The van der Waals surface area contributed by atoms with E-state index in [1.54, 1.807) is 4.52 Å². The molecule has 1 aliphatic rings. The maximum Gasteiger partial charge on any atom is 0.243 e. The molecule has 0 unspecified atom stereocenters. The Morgan fingerprint density at radius 3 is 3.00 bits per heavy atom. The summed E-state index contributed by atoms with van der Waals surface area (Å²) in [7, 11) is 0. The number of nitrogens with two attached hydrogens (primary N) is 1. The Morgan fingerprint density at radius 2 is 2.29 bits per heavy atom. The van der Waals surface area contributed by atoms with E-state index in [-0.39, 0.29) is 10.8 Å². The van der Waals surface area contributed by atoms with E-state index in [0.29, 0.717) is 0 Å². The van der Waals surface area contributed by atoms with Gasteiger partial charge in [0.25, 0.3) is 0 Å². The van der Waals surface area contributed by atoms with E-state index in [4.69, 9.17) is 17.3 Å². The van der Waals surface area contributed by atoms with Gasteiger partial charge in [-0.05, 0) is 42.1 Å². The number of hydrogen-bond donors (Lipinski definition) is 1. The molecular weight excluding hydrogens is 200 g/mol. The molecule has 1 fully saturated rings. The van der Waals surface area contributed by atoms with Crippen molar-refractivity contribution in [2.45, 2.75) is 18.4 Å². The first-order valence-corrected chi connectivity index (χ1v) is 4.86. The van der Waals surface area contributed by atoms with Crippen molar-refractivity contribution in [3.63, 3.8) is 0 Å². The number of halogens is 1. The summed E-state index contributed by atoms with van der Waals surface area (Å²) in [6.07, 6.45) is 3.94. The fraction of sp³-hybridized carbons (Fsp3) is 0.333. The van der Waals surface area contributed by atoms with Crippen molar-refractivity contribution in [3.05, 3.63) is 29.2 Å². The van der Waals surface area contributed by atoms with Crippen molar-refractivity contribution in [2.24, 2.45) is 5.73 Å². The second-order valence-corrected chi connectivity index (χ2v) is 4.09. The van der Waals surface area contributed by atoms with Gasteiger partial charge in [0.15, 0.2) is 5.65 Å². The Bertz CT molecular complexity index is 500. The molecule has 4 nitrogen and oxygen atoms in total. The van der Waals surface area contributed by atoms with Crippen molar-refractivity contribution in [1.29, 1.82) is 0 Å². The third-order valence-electron chi connectivity index (χ3n) is 2.68. The highest BCUT2D eigenvalue weighted by Crippen LogP contribution is 2.42. The minimum absolute atomic E-state index is 0.125. The van der Waals surface area contributed by atoms with Crippen LogP contribution < -0.4 is 5.73 Å². The average Bonchev–Trinajstić information content (AvgIpc) is 2.79. The van der Waals surface area contributed by atoms with Gasteiger partial charge in [-0.15, -0.1) is 5.10 Å². The van der Waals surface area contributed by atoms with Gasteiger partial charge in [-0.1, -0.05) is 0 Å². The fourth-order valence-corrected chi connectivity index (χ4v) is 1.76. The number of pyridine rings is 1. The van der Waals surface area contributed by atoms with E-state index in [0.717, 1.165) is 24.1 Å². The lowest BCUT2D eigenvalue weighted by molar-refractivity contribution is 0.736. The van der Waals surface area contributed by atoms with Crippen LogP contribution >= 0.6 is 11.6 Å². The molecule has 2 aromatic rings.